The second kappa shape index (κ2) is 7.95. The quantitative estimate of drug-likeness (QED) is 0.585. The molecule has 0 unspecified atom stereocenters. The highest BCUT2D eigenvalue weighted by molar-refractivity contribution is 7.93. The molecule has 0 aliphatic rings. The molecule has 146 valence electrons. The minimum atomic E-state index is -3.95. The maximum absolute atomic E-state index is 13.0. The van der Waals surface area contributed by atoms with E-state index in [9.17, 15) is 8.42 Å². The third-order valence-electron chi connectivity index (χ3n) is 4.05. The van der Waals surface area contributed by atoms with Crippen molar-refractivity contribution in [1.82, 2.24) is 9.97 Å². The number of halogens is 2. The van der Waals surface area contributed by atoms with Crippen LogP contribution in [0.15, 0.2) is 47.6 Å². The van der Waals surface area contributed by atoms with Crippen LogP contribution in [0.1, 0.15) is 16.7 Å². The van der Waals surface area contributed by atoms with Crippen LogP contribution in [0.4, 0.5) is 5.69 Å². The first-order chi connectivity index (χ1) is 13.2. The van der Waals surface area contributed by atoms with E-state index >= 15 is 0 Å². The van der Waals surface area contributed by atoms with E-state index in [2.05, 4.69) is 14.7 Å². The Hall–Kier alpha value is -2.35. The second-order valence-corrected chi connectivity index (χ2v) is 8.56. The van der Waals surface area contributed by atoms with Crippen molar-refractivity contribution < 1.29 is 13.2 Å². The Morgan fingerprint density at radius 2 is 1.68 bits per heavy atom. The van der Waals surface area contributed by atoms with Gasteiger partial charge in [0.25, 0.3) is 10.0 Å². The van der Waals surface area contributed by atoms with Gasteiger partial charge in [-0.1, -0.05) is 23.2 Å². The number of rotatable bonds is 5. The molecule has 3 rings (SSSR count). The number of hydrogen-bond acceptors (Lipinski definition) is 5. The molecule has 0 amide bonds. The van der Waals surface area contributed by atoms with Crippen molar-refractivity contribution >= 4 is 38.9 Å². The molecule has 0 saturated heterocycles. The molecule has 0 saturated carbocycles. The number of hydrogen-bond donors (Lipinski definition) is 1. The molecule has 2 aromatic carbocycles. The molecule has 9 heteroatoms. The lowest BCUT2D eigenvalue weighted by Crippen LogP contribution is -2.16. The van der Waals surface area contributed by atoms with Gasteiger partial charge in [0, 0.05) is 17.4 Å². The molecule has 0 fully saturated rings. The summed E-state index contributed by atoms with van der Waals surface area (Å²) in [5.74, 6) is 0.486. The minimum absolute atomic E-state index is 0.0309. The Morgan fingerprint density at radius 1 is 1.00 bits per heavy atom. The van der Waals surface area contributed by atoms with E-state index in [0.717, 1.165) is 0 Å². The smallest absolute Gasteiger partial charge is 0.321 e. The minimum Gasteiger partial charge on any atom is -0.424 e. The highest BCUT2D eigenvalue weighted by Gasteiger charge is 2.24. The first-order valence-electron chi connectivity index (χ1n) is 8.22. The Labute approximate surface area is 173 Å². The number of ether oxygens (including phenoxy) is 1. The fraction of sp³-hybridized carbons (Fsp3) is 0.158. The van der Waals surface area contributed by atoms with Gasteiger partial charge in [-0.05, 0) is 67.8 Å². The number of nitrogens with zero attached hydrogens (tertiary/aromatic N) is 2. The van der Waals surface area contributed by atoms with Gasteiger partial charge in [0.1, 0.15) is 10.6 Å². The summed E-state index contributed by atoms with van der Waals surface area (Å²) in [4.78, 5) is 7.95. The first-order valence-corrected chi connectivity index (χ1v) is 10.5. The molecule has 1 N–H and O–H groups in total. The zero-order valence-electron chi connectivity index (χ0n) is 15.3. The van der Waals surface area contributed by atoms with Crippen molar-refractivity contribution in [3.63, 3.8) is 0 Å². The Balaban J connectivity index is 1.92. The molecule has 0 radical (unpaired) electrons. The van der Waals surface area contributed by atoms with E-state index in [4.69, 9.17) is 27.9 Å². The summed E-state index contributed by atoms with van der Waals surface area (Å²) in [7, 11) is -3.95. The van der Waals surface area contributed by atoms with Gasteiger partial charge in [0.15, 0.2) is 0 Å². The van der Waals surface area contributed by atoms with Crippen molar-refractivity contribution in [1.29, 1.82) is 0 Å². The summed E-state index contributed by atoms with van der Waals surface area (Å²) >= 11 is 12.4. The number of aromatic nitrogens is 2. The van der Waals surface area contributed by atoms with Crippen molar-refractivity contribution in [2.45, 2.75) is 25.7 Å². The summed E-state index contributed by atoms with van der Waals surface area (Å²) in [6.07, 6.45) is 3.13. The van der Waals surface area contributed by atoms with Crippen LogP contribution in [0, 0.1) is 20.8 Å². The second-order valence-electron chi connectivity index (χ2n) is 6.16. The lowest BCUT2D eigenvalue weighted by Gasteiger charge is -2.16. The summed E-state index contributed by atoms with van der Waals surface area (Å²) in [6, 6.07) is 8.44. The Morgan fingerprint density at radius 3 is 2.32 bits per heavy atom. The highest BCUT2D eigenvalue weighted by Crippen LogP contribution is 2.35. The Kier molecular flexibility index (Phi) is 5.79. The number of nitrogens with one attached hydrogen (secondary N) is 1. The lowest BCUT2D eigenvalue weighted by atomic mass is 10.2. The molecule has 3 aromatic rings. The molecule has 0 spiro atoms. The van der Waals surface area contributed by atoms with Crippen LogP contribution in [-0.4, -0.2) is 18.4 Å². The van der Waals surface area contributed by atoms with Gasteiger partial charge in [-0.2, -0.15) is 0 Å². The van der Waals surface area contributed by atoms with Gasteiger partial charge in [-0.3, -0.25) is 4.72 Å². The number of aryl methyl sites for hydroxylation is 2. The van der Waals surface area contributed by atoms with Crippen molar-refractivity contribution in [2.75, 3.05) is 4.72 Å². The molecule has 28 heavy (non-hydrogen) atoms. The SMILES string of the molecule is Cc1cc(Oc2ncccn2)ccc1NS(=O)(=O)c1c(C)c(Cl)cc(C)c1Cl. The molecule has 0 aliphatic carbocycles. The van der Waals surface area contributed by atoms with Gasteiger partial charge in [0.05, 0.1) is 10.7 Å². The van der Waals surface area contributed by atoms with Crippen LogP contribution in [0.5, 0.6) is 11.8 Å². The van der Waals surface area contributed by atoms with Crippen LogP contribution < -0.4 is 9.46 Å². The number of benzene rings is 2. The summed E-state index contributed by atoms with van der Waals surface area (Å²) in [5.41, 5.74) is 2.03. The fourth-order valence-electron chi connectivity index (χ4n) is 2.59. The zero-order valence-corrected chi connectivity index (χ0v) is 17.7. The predicted octanol–water partition coefficient (Wildman–Crippen LogP) is 5.30. The largest absolute Gasteiger partial charge is 0.424 e. The fourth-order valence-corrected chi connectivity index (χ4v) is 4.93. The van der Waals surface area contributed by atoms with E-state index < -0.39 is 10.0 Å². The number of anilines is 1. The highest BCUT2D eigenvalue weighted by atomic mass is 35.5. The van der Waals surface area contributed by atoms with E-state index in [-0.39, 0.29) is 15.9 Å². The monoisotopic (exact) mass is 437 g/mol. The molecule has 6 nitrogen and oxygen atoms in total. The molecular formula is C19H17Cl2N3O3S. The average molecular weight is 438 g/mol. The van der Waals surface area contributed by atoms with E-state index in [0.29, 0.717) is 33.1 Å². The third kappa shape index (κ3) is 4.22. The maximum atomic E-state index is 13.0. The summed E-state index contributed by atoms with van der Waals surface area (Å²) in [5, 5.41) is 0.485. The van der Waals surface area contributed by atoms with E-state index in [1.165, 1.54) is 0 Å². The topological polar surface area (TPSA) is 81.2 Å². The van der Waals surface area contributed by atoms with E-state index in [1.807, 2.05) is 0 Å². The van der Waals surface area contributed by atoms with Crippen LogP contribution >= 0.6 is 23.2 Å². The van der Waals surface area contributed by atoms with Crippen LogP contribution in [-0.2, 0) is 10.0 Å². The van der Waals surface area contributed by atoms with E-state index in [1.54, 1.807) is 63.5 Å². The summed E-state index contributed by atoms with van der Waals surface area (Å²) in [6.45, 7) is 5.08. The van der Waals surface area contributed by atoms with Gasteiger partial charge >= 0.3 is 6.01 Å². The lowest BCUT2D eigenvalue weighted by molar-refractivity contribution is 0.441. The van der Waals surface area contributed by atoms with Gasteiger partial charge in [-0.15, -0.1) is 0 Å². The normalized spacial score (nSPS) is 11.3. The zero-order chi connectivity index (χ0) is 20.5. The van der Waals surface area contributed by atoms with Gasteiger partial charge < -0.3 is 4.74 Å². The van der Waals surface area contributed by atoms with Crippen LogP contribution in [0.3, 0.4) is 0 Å². The van der Waals surface area contributed by atoms with Gasteiger partial charge in [-0.25, -0.2) is 18.4 Å². The predicted molar refractivity (Wildman–Crippen MR) is 110 cm³/mol. The van der Waals surface area contributed by atoms with Crippen molar-refractivity contribution in [3.8, 4) is 11.8 Å². The molecule has 0 aliphatic heterocycles. The molecule has 0 atom stereocenters. The standard InChI is InChI=1S/C19H17Cl2N3O3S/c1-11-9-14(27-19-22-7-4-8-23-19)5-6-16(11)24-28(25,26)18-13(3)15(20)10-12(2)17(18)21/h4-10,24H,1-3H3. The third-order valence-corrected chi connectivity index (χ3v) is 6.58. The molecular weight excluding hydrogens is 421 g/mol. The average Bonchev–Trinajstić information content (AvgIpc) is 2.63. The Bertz CT molecular complexity index is 1110. The maximum Gasteiger partial charge on any atom is 0.321 e. The first kappa shape index (κ1) is 20.4. The molecule has 1 aromatic heterocycles. The van der Waals surface area contributed by atoms with Crippen LogP contribution in [0.2, 0.25) is 10.0 Å². The van der Waals surface area contributed by atoms with Crippen molar-refractivity contribution in [3.05, 3.63) is 69.5 Å². The van der Waals surface area contributed by atoms with Crippen LogP contribution in [0.25, 0.3) is 0 Å². The van der Waals surface area contributed by atoms with Gasteiger partial charge in [0.2, 0.25) is 0 Å². The number of sulfonamides is 1. The van der Waals surface area contributed by atoms with Crippen molar-refractivity contribution in [2.24, 2.45) is 0 Å². The summed E-state index contributed by atoms with van der Waals surface area (Å²) < 4.78 is 34.1. The molecule has 0 bridgehead atoms. The molecule has 1 heterocycles.